The molecule has 86 valence electrons. The maximum atomic E-state index is 10.8. The van der Waals surface area contributed by atoms with Gasteiger partial charge in [0.2, 0.25) is 0 Å². The van der Waals surface area contributed by atoms with Crippen molar-refractivity contribution in [2.24, 2.45) is 0 Å². The summed E-state index contributed by atoms with van der Waals surface area (Å²) in [6.45, 7) is 1.80. The molecule has 2 N–H and O–H groups in total. The summed E-state index contributed by atoms with van der Waals surface area (Å²) in [5.74, 6) is 0.130. The molecule has 2 fully saturated rings. The molecule has 2 heterocycles. The van der Waals surface area contributed by atoms with Crippen LogP contribution in [0.15, 0.2) is 0 Å². The van der Waals surface area contributed by atoms with E-state index >= 15 is 0 Å². The lowest BCUT2D eigenvalue weighted by atomic mass is 10.2. The quantitative estimate of drug-likeness (QED) is 0.619. The van der Waals surface area contributed by atoms with Crippen LogP contribution in [-0.2, 0) is 14.3 Å². The third kappa shape index (κ3) is 1.99. The number of rotatable bonds is 3. The van der Waals surface area contributed by atoms with Gasteiger partial charge in [0, 0.05) is 11.5 Å². The Morgan fingerprint density at radius 1 is 1.73 bits per heavy atom. The van der Waals surface area contributed by atoms with Gasteiger partial charge >= 0.3 is 5.97 Å². The molecule has 2 atom stereocenters. The van der Waals surface area contributed by atoms with Gasteiger partial charge in [0.05, 0.1) is 0 Å². The topological polar surface area (TPSA) is 67.8 Å². The second-order valence-electron chi connectivity index (χ2n) is 3.57. The minimum Gasteiger partial charge on any atom is -0.480 e. The lowest BCUT2D eigenvalue weighted by molar-refractivity contribution is -0.386. The van der Waals surface area contributed by atoms with Gasteiger partial charge in [-0.15, -0.1) is 11.8 Å². The van der Waals surface area contributed by atoms with E-state index < -0.39 is 23.2 Å². The summed E-state index contributed by atoms with van der Waals surface area (Å²) < 4.78 is 10.8. The van der Waals surface area contributed by atoms with E-state index in [1.165, 1.54) is 11.8 Å². The number of hydrogen-bond donors (Lipinski definition) is 3. The van der Waals surface area contributed by atoms with Gasteiger partial charge in [-0.3, -0.25) is 10.1 Å². The number of thiol groups is 1. The molecule has 2 rings (SSSR count). The predicted octanol–water partition coefficient (Wildman–Crippen LogP) is 0.121. The van der Waals surface area contributed by atoms with Crippen molar-refractivity contribution in [2.45, 2.75) is 30.4 Å². The number of ether oxygens (including phenoxy) is 2. The normalized spacial score (nSPS) is 45.1. The molecule has 0 aliphatic carbocycles. The highest BCUT2D eigenvalue weighted by Gasteiger charge is 2.52. The Morgan fingerprint density at radius 2 is 2.40 bits per heavy atom. The van der Waals surface area contributed by atoms with Crippen molar-refractivity contribution in [3.8, 4) is 0 Å². The molecule has 15 heavy (non-hydrogen) atoms. The van der Waals surface area contributed by atoms with E-state index in [1.807, 2.05) is 0 Å². The number of carboxylic acid groups (broad SMARTS) is 1. The molecule has 0 spiro atoms. The zero-order chi connectivity index (χ0) is 11.1. The summed E-state index contributed by atoms with van der Waals surface area (Å²) >= 11 is 5.72. The smallest absolute Gasteiger partial charge is 0.321 e. The van der Waals surface area contributed by atoms with E-state index in [1.54, 1.807) is 6.92 Å². The second-order valence-corrected chi connectivity index (χ2v) is 5.23. The third-order valence-electron chi connectivity index (χ3n) is 2.47. The summed E-state index contributed by atoms with van der Waals surface area (Å²) in [5, 5.41) is 11.9. The molecule has 0 radical (unpaired) electrons. The van der Waals surface area contributed by atoms with Gasteiger partial charge in [0.1, 0.15) is 10.9 Å². The van der Waals surface area contributed by atoms with Crippen LogP contribution in [0.2, 0.25) is 0 Å². The zero-order valence-corrected chi connectivity index (χ0v) is 9.88. The summed E-state index contributed by atoms with van der Waals surface area (Å²) in [6.07, 6.45) is -0.614. The summed E-state index contributed by atoms with van der Waals surface area (Å²) in [6, 6.07) is -0.551. The van der Waals surface area contributed by atoms with Gasteiger partial charge in [-0.05, 0) is 6.92 Å². The highest BCUT2D eigenvalue weighted by molar-refractivity contribution is 8.01. The molecule has 0 amide bonds. The molecule has 5 nitrogen and oxygen atoms in total. The largest absolute Gasteiger partial charge is 0.480 e. The van der Waals surface area contributed by atoms with Gasteiger partial charge in [0.25, 0.3) is 0 Å². The summed E-state index contributed by atoms with van der Waals surface area (Å²) in [5.41, 5.74) is 0. The van der Waals surface area contributed by atoms with E-state index in [0.29, 0.717) is 11.5 Å². The van der Waals surface area contributed by atoms with Crippen LogP contribution in [0, 0.1) is 0 Å². The van der Waals surface area contributed by atoms with Crippen molar-refractivity contribution in [3.63, 3.8) is 0 Å². The van der Waals surface area contributed by atoms with Crippen LogP contribution in [0.1, 0.15) is 6.92 Å². The Labute approximate surface area is 97.3 Å². The Kier molecular flexibility index (Phi) is 3.18. The summed E-state index contributed by atoms with van der Waals surface area (Å²) in [7, 11) is 0. The van der Waals surface area contributed by atoms with Crippen LogP contribution in [0.4, 0.5) is 0 Å². The van der Waals surface area contributed by atoms with Crippen molar-refractivity contribution < 1.29 is 19.4 Å². The Bertz CT molecular complexity index is 271. The van der Waals surface area contributed by atoms with Crippen LogP contribution >= 0.6 is 24.4 Å². The van der Waals surface area contributed by atoms with E-state index in [9.17, 15) is 4.79 Å². The number of carboxylic acids is 1. The number of thioether (sulfide) groups is 1. The monoisotopic (exact) mass is 251 g/mol. The lowest BCUT2D eigenvalue weighted by Crippen LogP contribution is -2.61. The molecule has 0 aromatic carbocycles. The molecular formula is C8H13NO4S2. The lowest BCUT2D eigenvalue weighted by Gasteiger charge is -2.44. The second kappa shape index (κ2) is 4.14. The third-order valence-corrected chi connectivity index (χ3v) is 4.65. The predicted molar refractivity (Wildman–Crippen MR) is 59.0 cm³/mol. The molecule has 1 unspecified atom stereocenters. The van der Waals surface area contributed by atoms with Crippen LogP contribution in [0.5, 0.6) is 0 Å². The van der Waals surface area contributed by atoms with E-state index in [2.05, 4.69) is 17.9 Å². The van der Waals surface area contributed by atoms with Crippen molar-refractivity contribution in [1.29, 1.82) is 0 Å². The fourth-order valence-electron chi connectivity index (χ4n) is 1.62. The van der Waals surface area contributed by atoms with Crippen LogP contribution < -0.4 is 5.32 Å². The maximum Gasteiger partial charge on any atom is 0.321 e. The maximum absolute atomic E-state index is 10.8. The van der Waals surface area contributed by atoms with Crippen molar-refractivity contribution >= 4 is 30.4 Å². The first-order chi connectivity index (χ1) is 7.07. The van der Waals surface area contributed by atoms with Crippen molar-refractivity contribution in [2.75, 3.05) is 11.5 Å². The van der Waals surface area contributed by atoms with Crippen molar-refractivity contribution in [3.05, 3.63) is 0 Å². The first-order valence-corrected chi connectivity index (χ1v) is 6.25. The Morgan fingerprint density at radius 3 is 2.80 bits per heavy atom. The average Bonchev–Trinajstić information content (AvgIpc) is 2.58. The van der Waals surface area contributed by atoms with Crippen molar-refractivity contribution in [1.82, 2.24) is 5.32 Å². The molecule has 7 heteroatoms. The van der Waals surface area contributed by atoms with Crippen LogP contribution in [0.25, 0.3) is 0 Å². The molecule has 0 aromatic heterocycles. The SMILES string of the molecule is CC1OC(C2(CS)N[C@H](C(=O)O)CS2)O1. The molecule has 2 saturated heterocycles. The van der Waals surface area contributed by atoms with Crippen LogP contribution in [0.3, 0.4) is 0 Å². The average molecular weight is 251 g/mol. The molecule has 0 saturated carbocycles. The highest BCUT2D eigenvalue weighted by Crippen LogP contribution is 2.40. The summed E-state index contributed by atoms with van der Waals surface area (Å²) in [4.78, 5) is 10.3. The molecule has 0 aromatic rings. The van der Waals surface area contributed by atoms with Gasteiger partial charge in [-0.2, -0.15) is 12.6 Å². The number of aliphatic carboxylic acids is 1. The molecule has 0 bridgehead atoms. The fraction of sp³-hybridized carbons (Fsp3) is 0.875. The molecule has 2 aliphatic rings. The van der Waals surface area contributed by atoms with Gasteiger partial charge in [0.15, 0.2) is 12.6 Å². The number of carbonyl (C=O) groups is 1. The number of hydrogen-bond acceptors (Lipinski definition) is 6. The molecular weight excluding hydrogens is 238 g/mol. The Hall–Kier alpha value is 0.0500. The standard InChI is InChI=1S/C8H13NO4S2/c1-4-12-7(13-4)8(3-14)9-5(2-15-8)6(10)11/h4-5,7,9,14H,2-3H2,1H3,(H,10,11)/t4?,5-,7?,8?/m0/s1. The van der Waals surface area contributed by atoms with Gasteiger partial charge < -0.3 is 14.6 Å². The van der Waals surface area contributed by atoms with E-state index in [-0.39, 0.29) is 6.29 Å². The first kappa shape index (κ1) is 11.5. The van der Waals surface area contributed by atoms with Crippen LogP contribution in [-0.4, -0.2) is 46.1 Å². The van der Waals surface area contributed by atoms with E-state index in [0.717, 1.165) is 0 Å². The highest BCUT2D eigenvalue weighted by atomic mass is 32.2. The minimum absolute atomic E-state index is 0.210. The van der Waals surface area contributed by atoms with E-state index in [4.69, 9.17) is 14.6 Å². The van der Waals surface area contributed by atoms with Gasteiger partial charge in [-0.25, -0.2) is 0 Å². The zero-order valence-electron chi connectivity index (χ0n) is 8.17. The van der Waals surface area contributed by atoms with Gasteiger partial charge in [-0.1, -0.05) is 0 Å². The fourth-order valence-corrected chi connectivity index (χ4v) is 3.39. The number of nitrogens with one attached hydrogen (secondary N) is 1. The Balaban J connectivity index is 2.02. The minimum atomic E-state index is -0.849. The molecule has 2 aliphatic heterocycles. The first-order valence-electron chi connectivity index (χ1n) is 4.63.